The molecule has 0 atom stereocenters. The summed E-state index contributed by atoms with van der Waals surface area (Å²) in [5.74, 6) is 0. The van der Waals surface area contributed by atoms with E-state index in [1.807, 2.05) is 0 Å². The van der Waals surface area contributed by atoms with E-state index in [1.165, 1.54) is 0 Å². The first-order valence-electron chi connectivity index (χ1n) is 3.61. The first kappa shape index (κ1) is 11.1. The van der Waals surface area contributed by atoms with Gasteiger partial charge in [-0.3, -0.25) is 4.98 Å². The summed E-state index contributed by atoms with van der Waals surface area (Å²) in [5.41, 5.74) is 2.90. The molecular formula is C7H7BrClN5. The van der Waals surface area contributed by atoms with Crippen molar-refractivity contribution in [1.29, 1.82) is 0 Å². The predicted molar refractivity (Wildman–Crippen MR) is 58.2 cm³/mol. The van der Waals surface area contributed by atoms with Crippen LogP contribution < -0.4 is 5.53 Å². The summed E-state index contributed by atoms with van der Waals surface area (Å²) in [6, 6.07) is 1.75. The molecule has 0 spiro atoms. The van der Waals surface area contributed by atoms with Gasteiger partial charge in [0.05, 0.1) is 10.7 Å². The van der Waals surface area contributed by atoms with Crippen LogP contribution in [0.1, 0.15) is 5.69 Å². The van der Waals surface area contributed by atoms with Crippen LogP contribution in [0.15, 0.2) is 32.2 Å². The molecular weight excluding hydrogens is 269 g/mol. The molecule has 0 aliphatic rings. The van der Waals surface area contributed by atoms with Crippen LogP contribution in [0, 0.1) is 0 Å². The van der Waals surface area contributed by atoms with E-state index in [4.69, 9.17) is 11.6 Å². The molecule has 0 aliphatic carbocycles. The number of hydrogen-bond donors (Lipinski definition) is 1. The summed E-state index contributed by atoms with van der Waals surface area (Å²) in [4.78, 5) is 4.07. The van der Waals surface area contributed by atoms with Gasteiger partial charge in [0.2, 0.25) is 0 Å². The fourth-order valence-corrected chi connectivity index (χ4v) is 1.41. The largest absolute Gasteiger partial charge is 0.257 e. The van der Waals surface area contributed by atoms with Crippen LogP contribution in [0.2, 0.25) is 5.02 Å². The maximum atomic E-state index is 5.89. The van der Waals surface area contributed by atoms with Gasteiger partial charge in [0.1, 0.15) is 6.54 Å². The lowest BCUT2D eigenvalue weighted by atomic mass is 10.3. The van der Waals surface area contributed by atoms with Crippen LogP contribution in [0.3, 0.4) is 0 Å². The molecule has 14 heavy (non-hydrogen) atoms. The molecule has 5 nitrogen and oxygen atoms in total. The van der Waals surface area contributed by atoms with E-state index in [9.17, 15) is 0 Å². The molecule has 0 fully saturated rings. The third-order valence-electron chi connectivity index (χ3n) is 1.29. The Kier molecular flexibility index (Phi) is 4.48. The molecule has 1 N–H and O–H groups in total. The first-order valence-corrected chi connectivity index (χ1v) is 4.78. The van der Waals surface area contributed by atoms with Crippen LogP contribution in [0.25, 0.3) is 0 Å². The lowest BCUT2D eigenvalue weighted by molar-refractivity contribution is 0.707. The fourth-order valence-electron chi connectivity index (χ4n) is 0.725. The Morgan fingerprint density at radius 1 is 1.64 bits per heavy atom. The molecule has 0 amide bonds. The van der Waals surface area contributed by atoms with E-state index in [0.717, 1.165) is 4.47 Å². The van der Waals surface area contributed by atoms with Gasteiger partial charge >= 0.3 is 0 Å². The zero-order valence-electron chi connectivity index (χ0n) is 7.11. The Morgan fingerprint density at radius 2 is 2.43 bits per heavy atom. The van der Waals surface area contributed by atoms with Gasteiger partial charge in [-0.2, -0.15) is 15.8 Å². The van der Waals surface area contributed by atoms with E-state index >= 15 is 0 Å². The van der Waals surface area contributed by atoms with Crippen molar-refractivity contribution < 1.29 is 0 Å². The SMILES string of the molecule is C=NN/N=N\Cc1ncc(Br)cc1Cl. The van der Waals surface area contributed by atoms with Gasteiger partial charge in [-0.1, -0.05) is 16.8 Å². The standard InChI is InChI=1S/C7H7BrClN5/c1-10-13-14-12-4-7-6(9)2-5(8)3-11-7/h2-3H,1,4H2,(H,12,13). The number of rotatable bonds is 4. The molecule has 74 valence electrons. The van der Waals surface area contributed by atoms with Crippen LogP contribution in [-0.4, -0.2) is 11.7 Å². The number of pyridine rings is 1. The minimum atomic E-state index is 0.300. The van der Waals surface area contributed by atoms with Gasteiger partial charge in [-0.05, 0) is 22.0 Å². The number of aromatic nitrogens is 1. The average molecular weight is 277 g/mol. The molecule has 1 aromatic heterocycles. The molecule has 1 aromatic rings. The van der Waals surface area contributed by atoms with E-state index in [0.29, 0.717) is 17.3 Å². The van der Waals surface area contributed by atoms with Crippen LogP contribution >= 0.6 is 27.5 Å². The molecule has 0 radical (unpaired) electrons. The van der Waals surface area contributed by atoms with E-state index in [2.05, 4.69) is 48.6 Å². The maximum absolute atomic E-state index is 5.89. The number of nitrogens with zero attached hydrogens (tertiary/aromatic N) is 4. The van der Waals surface area contributed by atoms with E-state index < -0.39 is 0 Å². The molecule has 0 aromatic carbocycles. The van der Waals surface area contributed by atoms with Crippen LogP contribution in [-0.2, 0) is 6.54 Å². The molecule has 0 saturated carbocycles. The van der Waals surface area contributed by atoms with Crippen molar-refractivity contribution in [1.82, 2.24) is 10.5 Å². The second-order valence-corrected chi connectivity index (χ2v) is 3.56. The Morgan fingerprint density at radius 3 is 3.07 bits per heavy atom. The van der Waals surface area contributed by atoms with Gasteiger partial charge in [0.25, 0.3) is 0 Å². The number of halogens is 2. The Labute approximate surface area is 94.4 Å². The number of nitrogens with one attached hydrogen (secondary N) is 1. The first-order chi connectivity index (χ1) is 6.74. The lowest BCUT2D eigenvalue weighted by Gasteiger charge is -1.98. The molecule has 0 saturated heterocycles. The average Bonchev–Trinajstić information content (AvgIpc) is 2.15. The predicted octanol–water partition coefficient (Wildman–Crippen LogP) is 2.57. The number of hydrazone groups is 1. The third kappa shape index (κ3) is 3.39. The van der Waals surface area contributed by atoms with Crippen LogP contribution in [0.5, 0.6) is 0 Å². The summed E-state index contributed by atoms with van der Waals surface area (Å²) >= 11 is 9.14. The minimum absolute atomic E-state index is 0.300. The van der Waals surface area contributed by atoms with Crippen molar-refractivity contribution in [3.63, 3.8) is 0 Å². The molecule has 1 rings (SSSR count). The van der Waals surface area contributed by atoms with Gasteiger partial charge in [-0.25, -0.2) is 0 Å². The molecule has 1 heterocycles. The van der Waals surface area contributed by atoms with Crippen molar-refractivity contribution in [3.8, 4) is 0 Å². The highest BCUT2D eigenvalue weighted by Gasteiger charge is 2.01. The summed E-state index contributed by atoms with van der Waals surface area (Å²) in [7, 11) is 0. The highest BCUT2D eigenvalue weighted by molar-refractivity contribution is 9.10. The quantitative estimate of drug-likeness (QED) is 0.522. The summed E-state index contributed by atoms with van der Waals surface area (Å²) in [6.45, 7) is 3.47. The van der Waals surface area contributed by atoms with Crippen molar-refractivity contribution in [2.45, 2.75) is 6.54 Å². The highest BCUT2D eigenvalue weighted by Crippen LogP contribution is 2.19. The second-order valence-electron chi connectivity index (χ2n) is 2.24. The minimum Gasteiger partial charge on any atom is -0.257 e. The van der Waals surface area contributed by atoms with Crippen molar-refractivity contribution in [2.75, 3.05) is 0 Å². The zero-order chi connectivity index (χ0) is 10.4. The van der Waals surface area contributed by atoms with E-state index in [-0.39, 0.29) is 0 Å². The molecule has 0 bridgehead atoms. The van der Waals surface area contributed by atoms with Crippen LogP contribution in [0.4, 0.5) is 0 Å². The topological polar surface area (TPSA) is 62.0 Å². The van der Waals surface area contributed by atoms with E-state index in [1.54, 1.807) is 12.3 Å². The molecule has 0 aliphatic heterocycles. The third-order valence-corrected chi connectivity index (χ3v) is 2.05. The van der Waals surface area contributed by atoms with Crippen molar-refractivity contribution in [3.05, 3.63) is 27.5 Å². The van der Waals surface area contributed by atoms with Gasteiger partial charge < -0.3 is 0 Å². The summed E-state index contributed by atoms with van der Waals surface area (Å²) < 4.78 is 0.828. The smallest absolute Gasteiger partial charge is 0.106 e. The summed E-state index contributed by atoms with van der Waals surface area (Å²) in [6.07, 6.45) is 1.65. The summed E-state index contributed by atoms with van der Waals surface area (Å²) in [5, 5.41) is 11.1. The Balaban J connectivity index is 2.63. The molecule has 0 unspecified atom stereocenters. The van der Waals surface area contributed by atoms with Gasteiger partial charge in [-0.15, -0.1) is 0 Å². The zero-order valence-corrected chi connectivity index (χ0v) is 9.46. The Bertz CT molecular complexity index is 354. The number of hydrogen-bond acceptors (Lipinski definition) is 4. The van der Waals surface area contributed by atoms with Crippen molar-refractivity contribution >= 4 is 34.2 Å². The normalized spacial score (nSPS) is 10.4. The lowest BCUT2D eigenvalue weighted by Crippen LogP contribution is -1.92. The highest BCUT2D eigenvalue weighted by atomic mass is 79.9. The molecule has 7 heteroatoms. The van der Waals surface area contributed by atoms with Crippen molar-refractivity contribution in [2.24, 2.45) is 15.4 Å². The monoisotopic (exact) mass is 275 g/mol. The Hall–Kier alpha value is -1.01. The fraction of sp³-hybridized carbons (Fsp3) is 0.143. The second kappa shape index (κ2) is 5.66. The van der Waals surface area contributed by atoms with Gasteiger partial charge in [0, 0.05) is 17.4 Å². The maximum Gasteiger partial charge on any atom is 0.106 e. The van der Waals surface area contributed by atoms with Gasteiger partial charge in [0.15, 0.2) is 0 Å².